The molecule has 1 aliphatic heterocycles. The summed E-state index contributed by atoms with van der Waals surface area (Å²) in [5.74, 6) is -0.0625. The minimum absolute atomic E-state index is 0.0698. The summed E-state index contributed by atoms with van der Waals surface area (Å²) in [6.07, 6.45) is 4.73. The van der Waals surface area contributed by atoms with E-state index in [0.717, 1.165) is 24.7 Å². The van der Waals surface area contributed by atoms with Crippen LogP contribution in [0.3, 0.4) is 0 Å². The molecule has 1 aromatic carbocycles. The van der Waals surface area contributed by atoms with Crippen molar-refractivity contribution in [2.45, 2.75) is 30.7 Å². The third-order valence-electron chi connectivity index (χ3n) is 4.19. The Morgan fingerprint density at radius 3 is 2.57 bits per heavy atom. The fourth-order valence-electron chi connectivity index (χ4n) is 3.09. The van der Waals surface area contributed by atoms with Crippen molar-refractivity contribution >= 4 is 38.7 Å². The average Bonchev–Trinajstić information content (AvgIpc) is 2.47. The van der Waals surface area contributed by atoms with Gasteiger partial charge in [-0.05, 0) is 30.5 Å². The number of ketones is 1. The van der Waals surface area contributed by atoms with Crippen LogP contribution in [-0.2, 0) is 19.6 Å². The van der Waals surface area contributed by atoms with Crippen LogP contribution in [0.25, 0.3) is 5.57 Å². The Balaban J connectivity index is 1.80. The summed E-state index contributed by atoms with van der Waals surface area (Å²) in [6, 6.07) is 6.70. The highest BCUT2D eigenvalue weighted by molar-refractivity contribution is 7.92. The van der Waals surface area contributed by atoms with Gasteiger partial charge in [-0.25, -0.2) is 8.42 Å². The molecular weight excluding hydrogens is 338 g/mol. The topological polar surface area (TPSA) is 72.5 Å². The summed E-state index contributed by atoms with van der Waals surface area (Å²) in [5, 5.41) is 0.0698. The SMILES string of the molecule is CS(=O)(=O)Nc1ccc(C2=COC3CC(Cl)CCC3C2=O)cc1. The monoisotopic (exact) mass is 355 g/mol. The van der Waals surface area contributed by atoms with Crippen LogP contribution in [0.2, 0.25) is 0 Å². The molecule has 23 heavy (non-hydrogen) atoms. The quantitative estimate of drug-likeness (QED) is 0.846. The maximum Gasteiger partial charge on any atom is 0.229 e. The summed E-state index contributed by atoms with van der Waals surface area (Å²) < 4.78 is 30.5. The number of ether oxygens (including phenoxy) is 1. The fourth-order valence-corrected chi connectivity index (χ4v) is 3.95. The van der Waals surface area contributed by atoms with E-state index in [1.54, 1.807) is 24.3 Å². The number of fused-ring (bicyclic) bond motifs is 1. The Kier molecular flexibility index (Phi) is 4.38. The maximum absolute atomic E-state index is 12.7. The van der Waals surface area contributed by atoms with Crippen molar-refractivity contribution in [3.8, 4) is 0 Å². The molecule has 0 spiro atoms. The Morgan fingerprint density at radius 2 is 1.91 bits per heavy atom. The normalized spacial score (nSPS) is 27.7. The van der Waals surface area contributed by atoms with Crippen molar-refractivity contribution in [1.29, 1.82) is 0 Å². The van der Waals surface area contributed by atoms with Gasteiger partial charge in [0.1, 0.15) is 6.10 Å². The molecule has 5 nitrogen and oxygen atoms in total. The Hall–Kier alpha value is -1.53. The molecular formula is C16H18ClNO4S. The zero-order valence-electron chi connectivity index (χ0n) is 12.7. The van der Waals surface area contributed by atoms with Crippen LogP contribution in [0.15, 0.2) is 30.5 Å². The second-order valence-corrected chi connectivity index (χ2v) is 8.40. The van der Waals surface area contributed by atoms with Crippen LogP contribution in [0.4, 0.5) is 5.69 Å². The molecule has 0 amide bonds. The van der Waals surface area contributed by atoms with E-state index in [0.29, 0.717) is 17.7 Å². The van der Waals surface area contributed by atoms with Crippen LogP contribution in [0.5, 0.6) is 0 Å². The number of carbonyl (C=O) groups is 1. The van der Waals surface area contributed by atoms with E-state index in [1.165, 1.54) is 6.26 Å². The Bertz CT molecular complexity index is 742. The van der Waals surface area contributed by atoms with E-state index in [4.69, 9.17) is 16.3 Å². The molecule has 1 saturated carbocycles. The van der Waals surface area contributed by atoms with Gasteiger partial charge >= 0.3 is 0 Å². The highest BCUT2D eigenvalue weighted by Crippen LogP contribution is 2.37. The average molecular weight is 356 g/mol. The molecule has 1 fully saturated rings. The van der Waals surface area contributed by atoms with Gasteiger partial charge in [0.05, 0.1) is 24.0 Å². The third-order valence-corrected chi connectivity index (χ3v) is 5.19. The summed E-state index contributed by atoms with van der Waals surface area (Å²) in [6.45, 7) is 0. The number of rotatable bonds is 3. The van der Waals surface area contributed by atoms with Gasteiger partial charge in [0.15, 0.2) is 5.78 Å². The molecule has 0 radical (unpaired) electrons. The van der Waals surface area contributed by atoms with E-state index < -0.39 is 10.0 Å². The number of allylic oxidation sites excluding steroid dienone is 1. The first-order valence-corrected chi connectivity index (χ1v) is 9.78. The first-order valence-electron chi connectivity index (χ1n) is 7.45. The minimum atomic E-state index is -3.32. The molecule has 0 saturated heterocycles. The largest absolute Gasteiger partial charge is 0.496 e. The van der Waals surface area contributed by atoms with Gasteiger partial charge in [0, 0.05) is 17.5 Å². The van der Waals surface area contributed by atoms with Crippen LogP contribution in [-0.4, -0.2) is 31.9 Å². The van der Waals surface area contributed by atoms with Crippen molar-refractivity contribution in [3.05, 3.63) is 36.1 Å². The lowest BCUT2D eigenvalue weighted by atomic mass is 9.79. The van der Waals surface area contributed by atoms with Gasteiger partial charge in [-0.15, -0.1) is 11.6 Å². The molecule has 2 aliphatic rings. The predicted octanol–water partition coefficient (Wildman–Crippen LogP) is 2.77. The molecule has 1 heterocycles. The van der Waals surface area contributed by atoms with Crippen molar-refractivity contribution in [3.63, 3.8) is 0 Å². The Labute approximate surface area is 140 Å². The number of halogens is 1. The second kappa shape index (κ2) is 6.17. The smallest absolute Gasteiger partial charge is 0.229 e. The van der Waals surface area contributed by atoms with Gasteiger partial charge in [0.25, 0.3) is 0 Å². The first-order chi connectivity index (χ1) is 10.8. The number of hydrogen-bond acceptors (Lipinski definition) is 4. The lowest BCUT2D eigenvalue weighted by Gasteiger charge is -2.35. The summed E-state index contributed by atoms with van der Waals surface area (Å²) in [7, 11) is -3.32. The maximum atomic E-state index is 12.7. The van der Waals surface area contributed by atoms with E-state index >= 15 is 0 Å². The molecule has 0 aromatic heterocycles. The number of Topliss-reactive ketones (excluding diaryl/α,β-unsaturated/α-hetero) is 1. The zero-order valence-corrected chi connectivity index (χ0v) is 14.2. The predicted molar refractivity (Wildman–Crippen MR) is 89.7 cm³/mol. The van der Waals surface area contributed by atoms with E-state index in [1.807, 2.05) is 0 Å². The number of alkyl halides is 1. The van der Waals surface area contributed by atoms with Gasteiger partial charge in [-0.3, -0.25) is 9.52 Å². The number of benzene rings is 1. The second-order valence-electron chi connectivity index (χ2n) is 6.04. The van der Waals surface area contributed by atoms with E-state index in [2.05, 4.69) is 4.72 Å². The lowest BCUT2D eigenvalue weighted by molar-refractivity contribution is -0.124. The molecule has 1 N–H and O–H groups in total. The number of nitrogens with one attached hydrogen (secondary N) is 1. The van der Waals surface area contributed by atoms with Crippen molar-refractivity contribution in [1.82, 2.24) is 0 Å². The summed E-state index contributed by atoms with van der Waals surface area (Å²) in [4.78, 5) is 12.7. The van der Waals surface area contributed by atoms with E-state index in [9.17, 15) is 13.2 Å². The van der Waals surface area contributed by atoms with Crippen LogP contribution >= 0.6 is 11.6 Å². The summed E-state index contributed by atoms with van der Waals surface area (Å²) in [5.41, 5.74) is 1.72. The van der Waals surface area contributed by atoms with Gasteiger partial charge in [-0.1, -0.05) is 12.1 Å². The van der Waals surface area contributed by atoms with Gasteiger partial charge in [0.2, 0.25) is 10.0 Å². The molecule has 3 atom stereocenters. The van der Waals surface area contributed by atoms with Crippen molar-refractivity contribution in [2.75, 3.05) is 11.0 Å². The number of anilines is 1. The lowest BCUT2D eigenvalue weighted by Crippen LogP contribution is -2.39. The Morgan fingerprint density at radius 1 is 1.22 bits per heavy atom. The van der Waals surface area contributed by atoms with Crippen molar-refractivity contribution < 1.29 is 17.9 Å². The standard InChI is InChI=1S/C16H18ClNO4S/c1-23(20,21)18-12-5-2-10(3-6-12)14-9-22-15-8-11(17)4-7-13(15)16(14)19/h2-3,5-6,9,11,13,15,18H,4,7-8H2,1H3. The summed E-state index contributed by atoms with van der Waals surface area (Å²) >= 11 is 6.14. The van der Waals surface area contributed by atoms with Crippen LogP contribution in [0, 0.1) is 5.92 Å². The minimum Gasteiger partial charge on any atom is -0.496 e. The van der Waals surface area contributed by atoms with Crippen molar-refractivity contribution in [2.24, 2.45) is 5.92 Å². The first kappa shape index (κ1) is 16.3. The molecule has 1 aliphatic carbocycles. The number of hydrogen-bond donors (Lipinski definition) is 1. The van der Waals surface area contributed by atoms with Gasteiger partial charge in [-0.2, -0.15) is 0 Å². The molecule has 1 aromatic rings. The zero-order chi connectivity index (χ0) is 16.6. The third kappa shape index (κ3) is 3.70. The number of carbonyl (C=O) groups excluding carboxylic acids is 1. The van der Waals surface area contributed by atoms with Gasteiger partial charge < -0.3 is 4.74 Å². The fraction of sp³-hybridized carbons (Fsp3) is 0.438. The molecule has 7 heteroatoms. The molecule has 124 valence electrons. The highest BCUT2D eigenvalue weighted by atomic mass is 35.5. The molecule has 3 rings (SSSR count). The van der Waals surface area contributed by atoms with Crippen LogP contribution in [0.1, 0.15) is 24.8 Å². The van der Waals surface area contributed by atoms with E-state index in [-0.39, 0.29) is 23.2 Å². The molecule has 0 bridgehead atoms. The molecule has 3 unspecified atom stereocenters. The van der Waals surface area contributed by atoms with Crippen LogP contribution < -0.4 is 4.72 Å². The number of sulfonamides is 1. The highest BCUT2D eigenvalue weighted by Gasteiger charge is 2.39.